The Morgan fingerprint density at radius 3 is 2.22 bits per heavy atom. The topological polar surface area (TPSA) is 55.4 Å². The van der Waals surface area contributed by atoms with Gasteiger partial charge in [-0.2, -0.15) is 0 Å². The lowest BCUT2D eigenvalue weighted by atomic mass is 9.94. The normalized spacial score (nSPS) is 13.3. The third-order valence-corrected chi connectivity index (χ3v) is 2.50. The number of carbonyl (C=O) groups excluding carboxylic acids is 2. The lowest BCUT2D eigenvalue weighted by molar-refractivity contribution is -0.120. The minimum atomic E-state index is -0.534. The van der Waals surface area contributed by atoms with Crippen LogP contribution in [0.5, 0.6) is 0 Å². The van der Waals surface area contributed by atoms with Gasteiger partial charge in [-0.15, -0.1) is 11.6 Å². The van der Waals surface area contributed by atoms with E-state index in [1.165, 1.54) is 0 Å². The summed E-state index contributed by atoms with van der Waals surface area (Å²) in [6.45, 7) is 9.72. The summed E-state index contributed by atoms with van der Waals surface area (Å²) < 4.78 is 5.11. The maximum Gasteiger partial charge on any atom is 0.407 e. The molecular formula is C13H24ClNO3. The first-order chi connectivity index (χ1) is 8.15. The summed E-state index contributed by atoms with van der Waals surface area (Å²) in [5.74, 6) is 0.0759. The van der Waals surface area contributed by atoms with E-state index in [-0.39, 0.29) is 24.1 Å². The number of alkyl halides is 1. The summed E-state index contributed by atoms with van der Waals surface area (Å²) in [4.78, 5) is 23.1. The fourth-order valence-corrected chi connectivity index (χ4v) is 1.75. The van der Waals surface area contributed by atoms with Crippen LogP contribution in [0.3, 0.4) is 0 Å². The van der Waals surface area contributed by atoms with Crippen LogP contribution in [0.1, 0.15) is 41.0 Å². The van der Waals surface area contributed by atoms with Gasteiger partial charge in [0, 0.05) is 12.5 Å². The number of ketones is 1. The average Bonchev–Trinajstić information content (AvgIpc) is 2.20. The molecule has 0 spiro atoms. The summed E-state index contributed by atoms with van der Waals surface area (Å²) >= 11 is 5.56. The summed E-state index contributed by atoms with van der Waals surface area (Å²) in [5, 5.41) is 2.62. The van der Waals surface area contributed by atoms with E-state index in [0.717, 1.165) is 0 Å². The quantitative estimate of drug-likeness (QED) is 0.760. The van der Waals surface area contributed by atoms with Gasteiger partial charge in [-0.3, -0.25) is 4.79 Å². The molecule has 0 saturated heterocycles. The van der Waals surface area contributed by atoms with E-state index in [9.17, 15) is 9.59 Å². The Bertz CT molecular complexity index is 284. The van der Waals surface area contributed by atoms with Crippen molar-refractivity contribution in [3.63, 3.8) is 0 Å². The number of rotatable bonds is 6. The molecule has 0 aliphatic rings. The number of alkyl carbamates (subject to hydrolysis) is 1. The van der Waals surface area contributed by atoms with Gasteiger partial charge in [-0.1, -0.05) is 13.8 Å². The Labute approximate surface area is 114 Å². The molecule has 4 nitrogen and oxygen atoms in total. The zero-order valence-corrected chi connectivity index (χ0v) is 12.6. The van der Waals surface area contributed by atoms with E-state index in [2.05, 4.69) is 5.32 Å². The Balaban J connectivity index is 4.26. The van der Waals surface area contributed by atoms with Crippen LogP contribution in [0.2, 0.25) is 0 Å². The molecule has 0 saturated carbocycles. The SMILES string of the molecule is CC(C)CC(CNC(=O)OC(C)(C)C)C(=O)CCl. The second-order valence-electron chi connectivity index (χ2n) is 5.81. The second-order valence-corrected chi connectivity index (χ2v) is 6.08. The van der Waals surface area contributed by atoms with Gasteiger partial charge in [0.05, 0.1) is 5.88 Å². The van der Waals surface area contributed by atoms with Crippen LogP contribution < -0.4 is 5.32 Å². The highest BCUT2D eigenvalue weighted by atomic mass is 35.5. The molecule has 1 atom stereocenters. The van der Waals surface area contributed by atoms with E-state index < -0.39 is 11.7 Å². The Morgan fingerprint density at radius 1 is 1.28 bits per heavy atom. The van der Waals surface area contributed by atoms with Crippen LogP contribution in [0, 0.1) is 11.8 Å². The zero-order chi connectivity index (χ0) is 14.3. The van der Waals surface area contributed by atoms with Gasteiger partial charge in [-0.05, 0) is 33.1 Å². The monoisotopic (exact) mass is 277 g/mol. The summed E-state index contributed by atoms with van der Waals surface area (Å²) in [6.07, 6.45) is 0.208. The van der Waals surface area contributed by atoms with Gasteiger partial charge in [0.2, 0.25) is 0 Å². The molecule has 106 valence electrons. The van der Waals surface area contributed by atoms with Gasteiger partial charge < -0.3 is 10.1 Å². The van der Waals surface area contributed by atoms with E-state index >= 15 is 0 Å². The molecular weight excluding hydrogens is 254 g/mol. The van der Waals surface area contributed by atoms with Crippen LogP contribution >= 0.6 is 11.6 Å². The predicted molar refractivity (Wildman–Crippen MR) is 72.9 cm³/mol. The van der Waals surface area contributed by atoms with Gasteiger partial charge in [0.25, 0.3) is 0 Å². The Hall–Kier alpha value is -0.770. The van der Waals surface area contributed by atoms with Gasteiger partial charge in [-0.25, -0.2) is 4.79 Å². The molecule has 1 amide bonds. The fraction of sp³-hybridized carbons (Fsp3) is 0.846. The van der Waals surface area contributed by atoms with Crippen LogP contribution in [0.15, 0.2) is 0 Å². The second kappa shape index (κ2) is 7.62. The molecule has 0 aliphatic carbocycles. The summed E-state index contributed by atoms with van der Waals surface area (Å²) in [5.41, 5.74) is -0.534. The van der Waals surface area contributed by atoms with Crippen molar-refractivity contribution >= 4 is 23.5 Å². The molecule has 0 radical (unpaired) electrons. The zero-order valence-electron chi connectivity index (χ0n) is 11.9. The lowest BCUT2D eigenvalue weighted by Gasteiger charge is -2.22. The Kier molecular flexibility index (Phi) is 7.29. The maximum atomic E-state index is 11.6. The van der Waals surface area contributed by atoms with Gasteiger partial charge >= 0.3 is 6.09 Å². The van der Waals surface area contributed by atoms with E-state index in [0.29, 0.717) is 12.3 Å². The lowest BCUT2D eigenvalue weighted by Crippen LogP contribution is -2.37. The number of carbonyl (C=O) groups is 2. The number of Topliss-reactive ketones (excluding diaryl/α,β-unsaturated/α-hetero) is 1. The van der Waals surface area contributed by atoms with E-state index in [1.807, 2.05) is 13.8 Å². The van der Waals surface area contributed by atoms with Crippen molar-refractivity contribution in [1.29, 1.82) is 0 Å². The van der Waals surface area contributed by atoms with Gasteiger partial charge in [0.1, 0.15) is 5.60 Å². The molecule has 18 heavy (non-hydrogen) atoms. The molecule has 0 aromatic carbocycles. The largest absolute Gasteiger partial charge is 0.444 e. The molecule has 0 aromatic rings. The molecule has 0 bridgehead atoms. The smallest absolute Gasteiger partial charge is 0.407 e. The molecule has 0 rings (SSSR count). The third kappa shape index (κ3) is 8.34. The standard InChI is InChI=1S/C13H24ClNO3/c1-9(2)6-10(11(16)7-14)8-15-12(17)18-13(3,4)5/h9-10H,6-8H2,1-5H3,(H,15,17). The van der Waals surface area contributed by atoms with Crippen LogP contribution in [-0.2, 0) is 9.53 Å². The van der Waals surface area contributed by atoms with Crippen molar-refractivity contribution in [2.45, 2.75) is 46.6 Å². The molecule has 1 unspecified atom stereocenters. The third-order valence-electron chi connectivity index (χ3n) is 2.23. The minimum Gasteiger partial charge on any atom is -0.444 e. The number of hydrogen-bond acceptors (Lipinski definition) is 3. The first kappa shape index (κ1) is 17.2. The molecule has 5 heteroatoms. The molecule has 0 aromatic heterocycles. The number of nitrogens with one attached hydrogen (secondary N) is 1. The van der Waals surface area contributed by atoms with Crippen LogP contribution in [0.25, 0.3) is 0 Å². The number of hydrogen-bond donors (Lipinski definition) is 1. The molecule has 0 fully saturated rings. The highest BCUT2D eigenvalue weighted by molar-refractivity contribution is 6.27. The van der Waals surface area contributed by atoms with Crippen LogP contribution in [0.4, 0.5) is 4.79 Å². The molecule has 1 N–H and O–H groups in total. The van der Waals surface area contributed by atoms with Crippen LogP contribution in [-0.4, -0.2) is 29.9 Å². The minimum absolute atomic E-state index is 0.0205. The van der Waals surface area contributed by atoms with E-state index in [1.54, 1.807) is 20.8 Å². The summed E-state index contributed by atoms with van der Waals surface area (Å²) in [7, 11) is 0. The van der Waals surface area contributed by atoms with Crippen molar-refractivity contribution in [3.8, 4) is 0 Å². The fourth-order valence-electron chi connectivity index (χ4n) is 1.53. The number of halogens is 1. The predicted octanol–water partition coefficient (Wildman–Crippen LogP) is 2.98. The first-order valence-electron chi connectivity index (χ1n) is 6.21. The van der Waals surface area contributed by atoms with Crippen molar-refractivity contribution in [3.05, 3.63) is 0 Å². The maximum absolute atomic E-state index is 11.6. The van der Waals surface area contributed by atoms with Crippen molar-refractivity contribution in [1.82, 2.24) is 5.32 Å². The van der Waals surface area contributed by atoms with E-state index in [4.69, 9.17) is 16.3 Å². The average molecular weight is 278 g/mol. The highest BCUT2D eigenvalue weighted by Crippen LogP contribution is 2.13. The molecule has 0 heterocycles. The first-order valence-corrected chi connectivity index (χ1v) is 6.74. The Morgan fingerprint density at radius 2 is 1.83 bits per heavy atom. The van der Waals surface area contributed by atoms with Crippen molar-refractivity contribution in [2.75, 3.05) is 12.4 Å². The van der Waals surface area contributed by atoms with Crippen molar-refractivity contribution < 1.29 is 14.3 Å². The van der Waals surface area contributed by atoms with Crippen molar-refractivity contribution in [2.24, 2.45) is 11.8 Å². The summed E-state index contributed by atoms with van der Waals surface area (Å²) in [6, 6.07) is 0. The number of amides is 1. The highest BCUT2D eigenvalue weighted by Gasteiger charge is 2.21. The number of ether oxygens (including phenoxy) is 1. The molecule has 0 aliphatic heterocycles. The van der Waals surface area contributed by atoms with Gasteiger partial charge in [0.15, 0.2) is 5.78 Å².